The van der Waals surface area contributed by atoms with E-state index < -0.39 is 12.0 Å². The van der Waals surface area contributed by atoms with E-state index in [1.165, 1.54) is 0 Å². The number of carboxylic acid groups (broad SMARTS) is 1. The third-order valence-corrected chi connectivity index (χ3v) is 3.53. The van der Waals surface area contributed by atoms with Gasteiger partial charge in [-0.25, -0.2) is 0 Å². The molecule has 2 N–H and O–H groups in total. The molecular formula is C13H25N3O4. The van der Waals surface area contributed by atoms with Crippen molar-refractivity contribution < 1.29 is 19.4 Å². The molecule has 7 heteroatoms. The minimum absolute atomic E-state index is 0.0147. The van der Waals surface area contributed by atoms with E-state index in [-0.39, 0.29) is 5.91 Å². The number of piperazine rings is 1. The number of methoxy groups -OCH3 is 1. The molecule has 1 fully saturated rings. The van der Waals surface area contributed by atoms with Gasteiger partial charge in [-0.05, 0) is 13.3 Å². The van der Waals surface area contributed by atoms with E-state index in [1.807, 2.05) is 4.90 Å². The molecule has 1 heterocycles. The summed E-state index contributed by atoms with van der Waals surface area (Å²) >= 11 is 0. The lowest BCUT2D eigenvalue weighted by atomic mass is 10.2. The van der Waals surface area contributed by atoms with Gasteiger partial charge in [0.05, 0.1) is 6.54 Å². The molecule has 0 bridgehead atoms. The molecule has 1 aliphatic heterocycles. The van der Waals surface area contributed by atoms with Gasteiger partial charge in [-0.3, -0.25) is 19.4 Å². The minimum Gasteiger partial charge on any atom is -0.480 e. The quantitative estimate of drug-likeness (QED) is 0.571. The van der Waals surface area contributed by atoms with Crippen LogP contribution in [0.3, 0.4) is 0 Å². The Bertz CT molecular complexity index is 317. The Balaban J connectivity index is 2.18. The van der Waals surface area contributed by atoms with Gasteiger partial charge < -0.3 is 15.2 Å². The maximum absolute atomic E-state index is 11.7. The molecule has 0 radical (unpaired) electrons. The highest BCUT2D eigenvalue weighted by Crippen LogP contribution is 2.06. The van der Waals surface area contributed by atoms with E-state index in [0.29, 0.717) is 32.8 Å². The second kappa shape index (κ2) is 8.89. The maximum Gasteiger partial charge on any atom is 0.320 e. The standard InChI is InChI=1S/C13H25N3O4/c1-11(13(18)19)16-7-5-15(6-8-16)10-12(17)14-4-3-9-20-2/h11H,3-10H2,1-2H3,(H,14,17)(H,18,19). The summed E-state index contributed by atoms with van der Waals surface area (Å²) in [6, 6.07) is -0.458. The molecule has 1 atom stereocenters. The van der Waals surface area contributed by atoms with E-state index in [2.05, 4.69) is 10.2 Å². The first-order valence-corrected chi connectivity index (χ1v) is 6.99. The fourth-order valence-corrected chi connectivity index (χ4v) is 2.17. The second-order valence-corrected chi connectivity index (χ2v) is 5.02. The Hall–Kier alpha value is -1.18. The molecule has 20 heavy (non-hydrogen) atoms. The number of nitrogens with one attached hydrogen (secondary N) is 1. The van der Waals surface area contributed by atoms with Crippen LogP contribution < -0.4 is 5.32 Å². The molecular weight excluding hydrogens is 262 g/mol. The van der Waals surface area contributed by atoms with E-state index in [0.717, 1.165) is 19.5 Å². The summed E-state index contributed by atoms with van der Waals surface area (Å²) in [5.74, 6) is -0.782. The molecule has 1 unspecified atom stereocenters. The van der Waals surface area contributed by atoms with Crippen molar-refractivity contribution in [2.75, 3.05) is 53.0 Å². The third-order valence-electron chi connectivity index (χ3n) is 3.53. The number of hydrogen-bond acceptors (Lipinski definition) is 5. The summed E-state index contributed by atoms with van der Waals surface area (Å²) in [5, 5.41) is 11.8. The van der Waals surface area contributed by atoms with Gasteiger partial charge in [0.15, 0.2) is 0 Å². The SMILES string of the molecule is COCCCNC(=O)CN1CCN(C(C)C(=O)O)CC1. The molecule has 0 aromatic heterocycles. The Morgan fingerprint density at radius 3 is 2.50 bits per heavy atom. The van der Waals surface area contributed by atoms with Crippen molar-refractivity contribution in [2.45, 2.75) is 19.4 Å². The van der Waals surface area contributed by atoms with E-state index in [1.54, 1.807) is 14.0 Å². The number of carbonyl (C=O) groups is 2. The van der Waals surface area contributed by atoms with Crippen LogP contribution in [0.4, 0.5) is 0 Å². The summed E-state index contributed by atoms with van der Waals surface area (Å²) in [4.78, 5) is 26.6. The van der Waals surface area contributed by atoms with E-state index >= 15 is 0 Å². The Morgan fingerprint density at radius 1 is 1.30 bits per heavy atom. The summed E-state index contributed by atoms with van der Waals surface area (Å²) in [5.41, 5.74) is 0. The van der Waals surface area contributed by atoms with Crippen LogP contribution in [0.2, 0.25) is 0 Å². The monoisotopic (exact) mass is 287 g/mol. The zero-order valence-corrected chi connectivity index (χ0v) is 12.3. The first-order valence-electron chi connectivity index (χ1n) is 6.99. The van der Waals surface area contributed by atoms with Gasteiger partial charge in [-0.15, -0.1) is 0 Å². The number of rotatable bonds is 8. The normalized spacial score (nSPS) is 18.7. The van der Waals surface area contributed by atoms with Gasteiger partial charge >= 0.3 is 5.97 Å². The summed E-state index contributed by atoms with van der Waals surface area (Å²) in [7, 11) is 1.64. The predicted molar refractivity (Wildman–Crippen MR) is 74.6 cm³/mol. The molecule has 0 spiro atoms. The zero-order chi connectivity index (χ0) is 15.0. The zero-order valence-electron chi connectivity index (χ0n) is 12.3. The average molecular weight is 287 g/mol. The van der Waals surface area contributed by atoms with Crippen LogP contribution in [-0.2, 0) is 14.3 Å². The topological polar surface area (TPSA) is 82.1 Å². The average Bonchev–Trinajstić information content (AvgIpc) is 2.43. The number of carbonyl (C=O) groups excluding carboxylic acids is 1. The van der Waals surface area contributed by atoms with Crippen LogP contribution in [0.15, 0.2) is 0 Å². The van der Waals surface area contributed by atoms with Crippen LogP contribution in [0.1, 0.15) is 13.3 Å². The fraction of sp³-hybridized carbons (Fsp3) is 0.846. The molecule has 1 saturated heterocycles. The molecule has 7 nitrogen and oxygen atoms in total. The number of ether oxygens (including phenoxy) is 1. The summed E-state index contributed by atoms with van der Waals surface area (Å²) in [6.45, 7) is 6.17. The van der Waals surface area contributed by atoms with Crippen molar-refractivity contribution in [1.82, 2.24) is 15.1 Å². The molecule has 0 aliphatic carbocycles. The van der Waals surface area contributed by atoms with Crippen molar-refractivity contribution in [3.05, 3.63) is 0 Å². The molecule has 1 aliphatic rings. The number of carboxylic acids is 1. The van der Waals surface area contributed by atoms with Gasteiger partial charge in [0.1, 0.15) is 6.04 Å². The van der Waals surface area contributed by atoms with Crippen molar-refractivity contribution in [1.29, 1.82) is 0 Å². The Labute approximate surface area is 119 Å². The molecule has 0 aromatic rings. The highest BCUT2D eigenvalue weighted by atomic mass is 16.5. The third kappa shape index (κ3) is 5.85. The van der Waals surface area contributed by atoms with Crippen LogP contribution >= 0.6 is 0 Å². The second-order valence-electron chi connectivity index (χ2n) is 5.02. The van der Waals surface area contributed by atoms with Crippen molar-refractivity contribution in [2.24, 2.45) is 0 Å². The van der Waals surface area contributed by atoms with Crippen LogP contribution in [0.5, 0.6) is 0 Å². The fourth-order valence-electron chi connectivity index (χ4n) is 2.17. The van der Waals surface area contributed by atoms with Gasteiger partial charge in [0.25, 0.3) is 0 Å². The number of aliphatic carboxylic acids is 1. The number of nitrogens with zero attached hydrogens (tertiary/aromatic N) is 2. The van der Waals surface area contributed by atoms with Crippen molar-refractivity contribution in [3.63, 3.8) is 0 Å². The van der Waals surface area contributed by atoms with E-state index in [4.69, 9.17) is 9.84 Å². The highest BCUT2D eigenvalue weighted by molar-refractivity contribution is 5.78. The summed E-state index contributed by atoms with van der Waals surface area (Å²) < 4.78 is 4.91. The van der Waals surface area contributed by atoms with Crippen LogP contribution in [-0.4, -0.2) is 85.8 Å². The largest absolute Gasteiger partial charge is 0.480 e. The molecule has 1 amide bonds. The molecule has 0 saturated carbocycles. The van der Waals surface area contributed by atoms with Gasteiger partial charge in [-0.1, -0.05) is 0 Å². The molecule has 0 aromatic carbocycles. The predicted octanol–water partition coefficient (Wildman–Crippen LogP) is -0.770. The lowest BCUT2D eigenvalue weighted by Gasteiger charge is -2.36. The van der Waals surface area contributed by atoms with Crippen molar-refractivity contribution >= 4 is 11.9 Å². The van der Waals surface area contributed by atoms with Crippen LogP contribution in [0.25, 0.3) is 0 Å². The summed E-state index contributed by atoms with van der Waals surface area (Å²) in [6.07, 6.45) is 0.812. The van der Waals surface area contributed by atoms with Gasteiger partial charge in [-0.2, -0.15) is 0 Å². The lowest BCUT2D eigenvalue weighted by Crippen LogP contribution is -2.53. The smallest absolute Gasteiger partial charge is 0.320 e. The maximum atomic E-state index is 11.7. The minimum atomic E-state index is -0.797. The first kappa shape index (κ1) is 16.9. The number of hydrogen-bond donors (Lipinski definition) is 2. The first-order chi connectivity index (χ1) is 9.54. The van der Waals surface area contributed by atoms with E-state index in [9.17, 15) is 9.59 Å². The van der Waals surface area contributed by atoms with Crippen molar-refractivity contribution in [3.8, 4) is 0 Å². The van der Waals surface area contributed by atoms with Gasteiger partial charge in [0.2, 0.25) is 5.91 Å². The lowest BCUT2D eigenvalue weighted by molar-refractivity contribution is -0.143. The number of amides is 1. The molecule has 1 rings (SSSR count). The molecule has 116 valence electrons. The van der Waals surface area contributed by atoms with Crippen LogP contribution in [0, 0.1) is 0 Å². The van der Waals surface area contributed by atoms with Gasteiger partial charge in [0, 0.05) is 46.4 Å². The Kier molecular flexibility index (Phi) is 7.50. The highest BCUT2D eigenvalue weighted by Gasteiger charge is 2.25. The Morgan fingerprint density at radius 2 is 1.95 bits per heavy atom.